The first-order valence-corrected chi connectivity index (χ1v) is 14.5. The lowest BCUT2D eigenvalue weighted by Gasteiger charge is -2.07. The Morgan fingerprint density at radius 2 is 1.62 bits per heavy atom. The van der Waals surface area contributed by atoms with Crippen LogP contribution in [0.1, 0.15) is 11.5 Å². The summed E-state index contributed by atoms with van der Waals surface area (Å²) >= 11 is 5.20. The third-order valence-corrected chi connectivity index (χ3v) is 9.13. The highest BCUT2D eigenvalue weighted by Gasteiger charge is 2.18. The van der Waals surface area contributed by atoms with E-state index in [1.54, 1.807) is 46.1 Å². The molecule has 0 aliphatic carbocycles. The quantitative estimate of drug-likeness (QED) is 0.264. The summed E-state index contributed by atoms with van der Waals surface area (Å²) in [7, 11) is 3.46. The van der Waals surface area contributed by atoms with Crippen molar-refractivity contribution in [2.24, 2.45) is 12.0 Å². The van der Waals surface area contributed by atoms with Gasteiger partial charge in [0.25, 0.3) is 0 Å². The van der Waals surface area contributed by atoms with Crippen molar-refractivity contribution in [1.29, 1.82) is 0 Å². The molecule has 12 heteroatoms. The molecule has 9 nitrogen and oxygen atoms in total. The van der Waals surface area contributed by atoms with Gasteiger partial charge in [-0.3, -0.25) is 4.99 Å². The maximum Gasteiger partial charge on any atom is 0.218 e. The first-order chi connectivity index (χ1) is 18.1. The zero-order valence-electron chi connectivity index (χ0n) is 21.4. The number of aromatic hydroxyl groups is 1. The van der Waals surface area contributed by atoms with Crippen molar-refractivity contribution in [2.45, 2.75) is 11.8 Å². The van der Waals surface area contributed by atoms with Gasteiger partial charge in [0.15, 0.2) is 0 Å². The number of hydrogen-bond acceptors (Lipinski definition) is 11. The van der Waals surface area contributed by atoms with Crippen molar-refractivity contribution in [2.75, 3.05) is 73.1 Å². The van der Waals surface area contributed by atoms with E-state index in [1.165, 1.54) is 18.8 Å². The summed E-state index contributed by atoms with van der Waals surface area (Å²) in [6, 6.07) is 2.17. The number of rotatable bonds is 16. The normalized spacial score (nSPS) is 14.8. The van der Waals surface area contributed by atoms with Crippen LogP contribution >= 0.6 is 34.4 Å². The molecule has 0 aromatic carbocycles. The number of ether oxygens (including phenoxy) is 5. The standard InChI is InChI=1S/C25H33N3O6S3/c1-17-27-19(25(29)28(17)2)14-18-15-20-23(35-18)24-21(36-20)16-22(37-24)26-4-5-31-8-9-33-12-13-34-11-10-32-7-6-30-3/h14-16,29H,4-13H2,1-3H3. The lowest BCUT2D eigenvalue weighted by atomic mass is 10.4. The zero-order valence-corrected chi connectivity index (χ0v) is 23.8. The topological polar surface area (TPSA) is 96.6 Å². The molecule has 0 amide bonds. The van der Waals surface area contributed by atoms with Gasteiger partial charge in [-0.25, -0.2) is 4.98 Å². The van der Waals surface area contributed by atoms with Gasteiger partial charge in [0, 0.05) is 32.8 Å². The minimum atomic E-state index is 0.190. The third kappa shape index (κ3) is 7.87. The van der Waals surface area contributed by atoms with Gasteiger partial charge in [-0.15, -0.1) is 22.7 Å². The smallest absolute Gasteiger partial charge is 0.218 e. The molecular formula is C25H33N3O6S3. The Kier molecular flexibility index (Phi) is 11.0. The van der Waals surface area contributed by atoms with Crippen LogP contribution in [-0.4, -0.2) is 92.8 Å². The van der Waals surface area contributed by atoms with Crippen molar-refractivity contribution in [3.05, 3.63) is 26.6 Å². The highest BCUT2D eigenvalue weighted by molar-refractivity contribution is 8.15. The maximum atomic E-state index is 10.2. The van der Waals surface area contributed by atoms with Gasteiger partial charge in [0.2, 0.25) is 5.88 Å². The van der Waals surface area contributed by atoms with E-state index in [1.807, 2.05) is 20.0 Å². The minimum absolute atomic E-state index is 0.190. The summed E-state index contributed by atoms with van der Waals surface area (Å²) in [4.78, 5) is 10.4. The van der Waals surface area contributed by atoms with Gasteiger partial charge < -0.3 is 33.4 Å². The second kappa shape index (κ2) is 14.4. The number of methoxy groups -OCH3 is 1. The number of aromatic nitrogens is 2. The second-order valence-electron chi connectivity index (χ2n) is 8.12. The molecular weight excluding hydrogens is 534 g/mol. The van der Waals surface area contributed by atoms with Gasteiger partial charge in [0.1, 0.15) is 11.5 Å². The Labute approximate surface area is 228 Å². The molecule has 202 valence electrons. The molecule has 0 saturated carbocycles. The summed E-state index contributed by atoms with van der Waals surface area (Å²) in [6.07, 6.45) is 4.10. The largest absolute Gasteiger partial charge is 0.493 e. The Balaban J connectivity index is 1.13. The van der Waals surface area contributed by atoms with E-state index in [0.29, 0.717) is 71.7 Å². The molecule has 3 aromatic rings. The fraction of sp³-hybridized carbons (Fsp3) is 0.520. The molecule has 0 fully saturated rings. The maximum absolute atomic E-state index is 10.2. The van der Waals surface area contributed by atoms with Crippen LogP contribution in [0.25, 0.3) is 21.6 Å². The van der Waals surface area contributed by atoms with Crippen molar-refractivity contribution in [1.82, 2.24) is 9.55 Å². The van der Waals surface area contributed by atoms with E-state index in [0.717, 1.165) is 15.4 Å². The van der Waals surface area contributed by atoms with E-state index in [9.17, 15) is 5.11 Å². The van der Waals surface area contributed by atoms with E-state index < -0.39 is 0 Å². The number of nitrogens with zero attached hydrogens (tertiary/aromatic N) is 3. The van der Waals surface area contributed by atoms with Crippen LogP contribution in [0.3, 0.4) is 0 Å². The monoisotopic (exact) mass is 567 g/mol. The fourth-order valence-corrected chi connectivity index (χ4v) is 7.33. The number of thioether (sulfide) groups is 1. The number of aryl methyl sites for hydroxylation is 1. The van der Waals surface area contributed by atoms with Crippen LogP contribution in [0.15, 0.2) is 16.0 Å². The van der Waals surface area contributed by atoms with Gasteiger partial charge in [-0.2, -0.15) is 0 Å². The highest BCUT2D eigenvalue weighted by atomic mass is 32.2. The average Bonchev–Trinajstić information content (AvgIpc) is 3.60. The first kappa shape index (κ1) is 28.2. The van der Waals surface area contributed by atoms with E-state index >= 15 is 0 Å². The summed E-state index contributed by atoms with van der Waals surface area (Å²) in [5, 5.41) is 11.3. The van der Waals surface area contributed by atoms with Gasteiger partial charge >= 0.3 is 0 Å². The number of aliphatic imine (C=N–C) groups is 1. The summed E-state index contributed by atoms with van der Waals surface area (Å²) in [5.41, 5.74) is 0.602. The van der Waals surface area contributed by atoms with Crippen LogP contribution in [0.4, 0.5) is 0 Å². The molecule has 4 heterocycles. The minimum Gasteiger partial charge on any atom is -0.493 e. The summed E-state index contributed by atoms with van der Waals surface area (Å²) < 4.78 is 33.3. The third-order valence-electron chi connectivity index (χ3n) is 5.47. The number of fused-ring (bicyclic) bond motifs is 3. The van der Waals surface area contributed by atoms with E-state index in [4.69, 9.17) is 23.7 Å². The van der Waals surface area contributed by atoms with Crippen LogP contribution in [0.5, 0.6) is 5.88 Å². The average molecular weight is 568 g/mol. The number of thiophene rings is 2. The van der Waals surface area contributed by atoms with E-state index in [-0.39, 0.29) is 5.88 Å². The molecule has 4 rings (SSSR count). The Hall–Kier alpha value is -1.77. The predicted octanol–water partition coefficient (Wildman–Crippen LogP) is 2.54. The van der Waals surface area contributed by atoms with Gasteiger partial charge in [-0.1, -0.05) is 11.8 Å². The predicted molar refractivity (Wildman–Crippen MR) is 150 cm³/mol. The molecule has 0 atom stereocenters. The Morgan fingerprint density at radius 1 is 0.973 bits per heavy atom. The molecule has 0 spiro atoms. The molecule has 1 N–H and O–H groups in total. The molecule has 0 unspecified atom stereocenters. The summed E-state index contributed by atoms with van der Waals surface area (Å²) in [6.45, 7) is 7.51. The van der Waals surface area contributed by atoms with Crippen molar-refractivity contribution in [3.63, 3.8) is 0 Å². The Morgan fingerprint density at radius 3 is 2.24 bits per heavy atom. The molecule has 37 heavy (non-hydrogen) atoms. The number of imidazole rings is 1. The molecule has 1 aliphatic rings. The van der Waals surface area contributed by atoms with Gasteiger partial charge in [-0.05, 0) is 25.1 Å². The molecule has 0 bridgehead atoms. The van der Waals surface area contributed by atoms with Crippen molar-refractivity contribution < 1.29 is 28.8 Å². The molecule has 0 radical (unpaired) electrons. The van der Waals surface area contributed by atoms with Crippen molar-refractivity contribution in [3.8, 4) is 5.88 Å². The fourth-order valence-electron chi connectivity index (χ4n) is 3.47. The van der Waals surface area contributed by atoms with Crippen LogP contribution in [0, 0.1) is 6.92 Å². The second-order valence-corrected chi connectivity index (χ2v) is 11.3. The SMILES string of the molecule is COCCOCCOCCOCCOCCN=C1C=c2sc3cc(=Cc4nc(C)n(C)c4O)sc3c2S1. The van der Waals surface area contributed by atoms with Crippen LogP contribution < -0.4 is 9.06 Å². The molecule has 0 saturated heterocycles. The first-order valence-electron chi connectivity index (χ1n) is 12.1. The lowest BCUT2D eigenvalue weighted by Crippen LogP contribution is -2.13. The molecule has 3 aromatic heterocycles. The van der Waals surface area contributed by atoms with E-state index in [2.05, 4.69) is 22.1 Å². The number of hydrogen-bond donors (Lipinski definition) is 1. The van der Waals surface area contributed by atoms with Gasteiger partial charge in [0.05, 0.1) is 75.8 Å². The highest BCUT2D eigenvalue weighted by Crippen LogP contribution is 2.35. The lowest BCUT2D eigenvalue weighted by molar-refractivity contribution is -0.00713. The van der Waals surface area contributed by atoms with Crippen molar-refractivity contribution >= 4 is 61.0 Å². The van der Waals surface area contributed by atoms with Crippen LogP contribution in [-0.2, 0) is 30.7 Å². The zero-order chi connectivity index (χ0) is 26.0. The molecule has 1 aliphatic heterocycles. The van der Waals surface area contributed by atoms with Crippen LogP contribution in [0.2, 0.25) is 0 Å². The Bertz CT molecular complexity index is 1310. The summed E-state index contributed by atoms with van der Waals surface area (Å²) in [5.74, 6) is 0.974.